The van der Waals surface area contributed by atoms with Crippen LogP contribution in [-0.2, 0) is 13.1 Å². The number of ether oxygens (including phenoxy) is 1. The number of nitrogens with one attached hydrogen (secondary N) is 1. The Morgan fingerprint density at radius 3 is 3.00 bits per heavy atom. The maximum atomic E-state index is 5.83. The van der Waals surface area contributed by atoms with E-state index in [2.05, 4.69) is 34.5 Å². The molecular formula is C13H18ClN5O. The van der Waals surface area contributed by atoms with Gasteiger partial charge in [-0.2, -0.15) is 0 Å². The summed E-state index contributed by atoms with van der Waals surface area (Å²) >= 11 is 5.83. The molecule has 2 aromatic heterocycles. The lowest BCUT2D eigenvalue weighted by molar-refractivity contribution is 0.288. The van der Waals surface area contributed by atoms with Crippen LogP contribution in [0.5, 0.6) is 5.75 Å². The van der Waals surface area contributed by atoms with Gasteiger partial charge in [0.2, 0.25) is 0 Å². The molecule has 0 unspecified atom stereocenters. The highest BCUT2D eigenvalue weighted by molar-refractivity contribution is 6.30. The molecule has 1 N–H and O–H groups in total. The molecule has 2 heterocycles. The Hall–Kier alpha value is -1.66. The van der Waals surface area contributed by atoms with Gasteiger partial charge in [0.25, 0.3) is 0 Å². The van der Waals surface area contributed by atoms with Gasteiger partial charge in [0.05, 0.1) is 23.5 Å². The van der Waals surface area contributed by atoms with Crippen molar-refractivity contribution >= 4 is 11.6 Å². The van der Waals surface area contributed by atoms with E-state index in [-0.39, 0.29) is 0 Å². The fourth-order valence-electron chi connectivity index (χ4n) is 1.57. The van der Waals surface area contributed by atoms with E-state index in [1.54, 1.807) is 23.1 Å². The molecule has 0 aliphatic heterocycles. The molecule has 0 aliphatic rings. The van der Waals surface area contributed by atoms with Gasteiger partial charge < -0.3 is 10.1 Å². The third kappa shape index (κ3) is 4.79. The Balaban J connectivity index is 1.77. The lowest BCUT2D eigenvalue weighted by atomic mass is 10.3. The maximum Gasteiger partial charge on any atom is 0.139 e. The van der Waals surface area contributed by atoms with Gasteiger partial charge in [-0.15, -0.1) is 5.10 Å². The van der Waals surface area contributed by atoms with Crippen LogP contribution in [0.25, 0.3) is 0 Å². The minimum absolute atomic E-state index is 0.429. The van der Waals surface area contributed by atoms with Crippen molar-refractivity contribution < 1.29 is 4.74 Å². The van der Waals surface area contributed by atoms with E-state index in [0.29, 0.717) is 30.0 Å². The van der Waals surface area contributed by atoms with E-state index in [4.69, 9.17) is 16.3 Å². The van der Waals surface area contributed by atoms with Crippen LogP contribution in [0.1, 0.15) is 19.5 Å². The Kier molecular flexibility index (Phi) is 5.31. The number of rotatable bonds is 7. The smallest absolute Gasteiger partial charge is 0.139 e. The van der Waals surface area contributed by atoms with Gasteiger partial charge in [-0.25, -0.2) is 4.68 Å². The van der Waals surface area contributed by atoms with Gasteiger partial charge in [0.1, 0.15) is 12.4 Å². The second-order valence-corrected chi connectivity index (χ2v) is 5.13. The van der Waals surface area contributed by atoms with Crippen LogP contribution in [-0.4, -0.2) is 32.6 Å². The molecule has 0 aliphatic carbocycles. The highest BCUT2D eigenvalue weighted by Gasteiger charge is 2.02. The van der Waals surface area contributed by atoms with Crippen LogP contribution in [0.4, 0.5) is 0 Å². The van der Waals surface area contributed by atoms with E-state index in [0.717, 1.165) is 12.2 Å². The molecule has 0 saturated heterocycles. The average molecular weight is 296 g/mol. The monoisotopic (exact) mass is 295 g/mol. The lowest BCUT2D eigenvalue weighted by Gasteiger charge is -2.05. The zero-order chi connectivity index (χ0) is 14.4. The normalized spacial score (nSPS) is 11.0. The van der Waals surface area contributed by atoms with Crippen LogP contribution >= 0.6 is 11.6 Å². The third-order valence-corrected chi connectivity index (χ3v) is 2.75. The van der Waals surface area contributed by atoms with Crippen LogP contribution in [0.3, 0.4) is 0 Å². The number of hydrogen-bond donors (Lipinski definition) is 1. The molecule has 20 heavy (non-hydrogen) atoms. The van der Waals surface area contributed by atoms with Crippen LogP contribution in [0.15, 0.2) is 24.7 Å². The first-order valence-electron chi connectivity index (χ1n) is 6.49. The zero-order valence-electron chi connectivity index (χ0n) is 11.6. The van der Waals surface area contributed by atoms with Gasteiger partial charge in [-0.3, -0.25) is 4.98 Å². The van der Waals surface area contributed by atoms with E-state index in [1.165, 1.54) is 0 Å². The summed E-state index contributed by atoms with van der Waals surface area (Å²) in [4.78, 5) is 3.95. The molecule has 0 radical (unpaired) electrons. The zero-order valence-corrected chi connectivity index (χ0v) is 12.3. The largest absolute Gasteiger partial charge is 0.490 e. The predicted octanol–water partition coefficient (Wildman–Crippen LogP) is 1.90. The van der Waals surface area contributed by atoms with Gasteiger partial charge in [-0.05, 0) is 0 Å². The van der Waals surface area contributed by atoms with Gasteiger partial charge in [0, 0.05) is 31.0 Å². The Morgan fingerprint density at radius 1 is 1.40 bits per heavy atom. The summed E-state index contributed by atoms with van der Waals surface area (Å²) < 4.78 is 7.31. The first kappa shape index (κ1) is 14.7. The van der Waals surface area contributed by atoms with Gasteiger partial charge >= 0.3 is 0 Å². The minimum Gasteiger partial charge on any atom is -0.490 e. The number of aromatic nitrogens is 4. The summed E-state index contributed by atoms with van der Waals surface area (Å²) in [7, 11) is 0. The second-order valence-electron chi connectivity index (χ2n) is 4.70. The number of pyridine rings is 1. The summed E-state index contributed by atoms with van der Waals surface area (Å²) in [5, 5.41) is 12.0. The Bertz CT molecular complexity index is 543. The molecule has 6 nitrogen and oxygen atoms in total. The molecule has 0 aromatic carbocycles. The maximum absolute atomic E-state index is 5.83. The predicted molar refractivity (Wildman–Crippen MR) is 76.7 cm³/mol. The Morgan fingerprint density at radius 2 is 2.25 bits per heavy atom. The van der Waals surface area contributed by atoms with Gasteiger partial charge in [0.15, 0.2) is 0 Å². The van der Waals surface area contributed by atoms with E-state index >= 15 is 0 Å². The summed E-state index contributed by atoms with van der Waals surface area (Å²) in [6.45, 7) is 6.02. The molecule has 0 amide bonds. The summed E-state index contributed by atoms with van der Waals surface area (Å²) in [5.41, 5.74) is 0.920. The molecule has 108 valence electrons. The summed E-state index contributed by atoms with van der Waals surface area (Å²) in [5.74, 6) is 0.652. The SMILES string of the molecule is CC(C)NCc1cn(CCOc2cncc(Cl)c2)nn1. The molecule has 0 fully saturated rings. The van der Waals surface area contributed by atoms with E-state index in [9.17, 15) is 0 Å². The first-order valence-corrected chi connectivity index (χ1v) is 6.87. The van der Waals surface area contributed by atoms with Crippen molar-refractivity contribution in [2.45, 2.75) is 33.0 Å². The molecule has 7 heteroatoms. The topological polar surface area (TPSA) is 64.9 Å². The lowest BCUT2D eigenvalue weighted by Crippen LogP contribution is -2.21. The third-order valence-electron chi connectivity index (χ3n) is 2.55. The molecule has 2 aromatic rings. The average Bonchev–Trinajstić information content (AvgIpc) is 2.84. The number of hydrogen-bond acceptors (Lipinski definition) is 5. The molecular weight excluding hydrogens is 278 g/mol. The van der Waals surface area contributed by atoms with Crippen LogP contribution in [0.2, 0.25) is 5.02 Å². The Labute approximate surface area is 123 Å². The summed E-state index contributed by atoms with van der Waals surface area (Å²) in [6, 6.07) is 2.16. The number of halogens is 1. The van der Waals surface area contributed by atoms with Crippen molar-refractivity contribution in [3.63, 3.8) is 0 Å². The van der Waals surface area contributed by atoms with E-state index in [1.807, 2.05) is 6.20 Å². The van der Waals surface area contributed by atoms with E-state index < -0.39 is 0 Å². The fraction of sp³-hybridized carbons (Fsp3) is 0.462. The highest BCUT2D eigenvalue weighted by Crippen LogP contribution is 2.14. The molecule has 0 bridgehead atoms. The van der Waals surface area contributed by atoms with Crippen molar-refractivity contribution in [1.82, 2.24) is 25.3 Å². The fourth-order valence-corrected chi connectivity index (χ4v) is 1.73. The summed E-state index contributed by atoms with van der Waals surface area (Å²) in [6.07, 6.45) is 5.11. The first-order chi connectivity index (χ1) is 9.63. The highest BCUT2D eigenvalue weighted by atomic mass is 35.5. The van der Waals surface area contributed by atoms with Gasteiger partial charge in [-0.1, -0.05) is 30.7 Å². The van der Waals surface area contributed by atoms with Crippen molar-refractivity contribution in [2.75, 3.05) is 6.61 Å². The minimum atomic E-state index is 0.429. The van der Waals surface area contributed by atoms with Crippen LogP contribution in [0, 0.1) is 0 Å². The van der Waals surface area contributed by atoms with Crippen molar-refractivity contribution in [1.29, 1.82) is 0 Å². The number of nitrogens with zero attached hydrogens (tertiary/aromatic N) is 4. The quantitative estimate of drug-likeness (QED) is 0.845. The van der Waals surface area contributed by atoms with Crippen molar-refractivity contribution in [3.05, 3.63) is 35.4 Å². The second kappa shape index (κ2) is 7.21. The van der Waals surface area contributed by atoms with Crippen molar-refractivity contribution in [2.24, 2.45) is 0 Å². The molecule has 0 saturated carbocycles. The van der Waals surface area contributed by atoms with Crippen LogP contribution < -0.4 is 10.1 Å². The van der Waals surface area contributed by atoms with Crippen molar-refractivity contribution in [3.8, 4) is 5.75 Å². The standard InChI is InChI=1S/C13H18ClN5O/c1-10(2)16-7-12-9-19(18-17-12)3-4-20-13-5-11(14)6-15-8-13/h5-6,8-10,16H,3-4,7H2,1-2H3. The molecule has 0 atom stereocenters. The molecule has 2 rings (SSSR count). The molecule has 0 spiro atoms.